The Labute approximate surface area is 183 Å². The minimum Gasteiger partial charge on any atom is -0.497 e. The van der Waals surface area contributed by atoms with E-state index in [1.165, 1.54) is 27.1 Å². The second-order valence-electron chi connectivity index (χ2n) is 7.40. The van der Waals surface area contributed by atoms with Crippen LogP contribution in [-0.4, -0.2) is 47.4 Å². The van der Waals surface area contributed by atoms with Crippen molar-refractivity contribution in [2.75, 3.05) is 36.6 Å². The molecule has 1 aliphatic rings. The fraction of sp³-hybridized carbons (Fsp3) is 0.409. The molecule has 1 fully saturated rings. The fourth-order valence-corrected chi connectivity index (χ4v) is 4.38. The van der Waals surface area contributed by atoms with Crippen LogP contribution in [0, 0.1) is 0 Å². The van der Waals surface area contributed by atoms with Crippen LogP contribution >= 0.6 is 0 Å². The molecule has 0 bridgehead atoms. The van der Waals surface area contributed by atoms with Crippen LogP contribution < -0.4 is 23.8 Å². The molecule has 2 aromatic rings. The van der Waals surface area contributed by atoms with Crippen LogP contribution in [0.15, 0.2) is 42.5 Å². The molecule has 9 heteroatoms. The molecule has 8 nitrogen and oxygen atoms in total. The number of nitrogens with zero attached hydrogens (tertiary/aromatic N) is 1. The van der Waals surface area contributed by atoms with Gasteiger partial charge in [-0.25, -0.2) is 8.42 Å². The summed E-state index contributed by atoms with van der Waals surface area (Å²) in [5, 5.41) is 2.73. The van der Waals surface area contributed by atoms with E-state index in [0.29, 0.717) is 11.4 Å². The van der Waals surface area contributed by atoms with Gasteiger partial charge >= 0.3 is 0 Å². The van der Waals surface area contributed by atoms with Gasteiger partial charge in [0.15, 0.2) is 0 Å². The van der Waals surface area contributed by atoms with Crippen molar-refractivity contribution in [2.24, 2.45) is 0 Å². The molecular weight excluding hydrogens is 420 g/mol. The highest BCUT2D eigenvalue weighted by Crippen LogP contribution is 2.33. The summed E-state index contributed by atoms with van der Waals surface area (Å²) in [7, 11) is -0.821. The van der Waals surface area contributed by atoms with E-state index in [2.05, 4.69) is 5.32 Å². The zero-order chi connectivity index (χ0) is 22.4. The highest BCUT2D eigenvalue weighted by atomic mass is 32.2. The van der Waals surface area contributed by atoms with E-state index in [0.717, 1.165) is 29.2 Å². The van der Waals surface area contributed by atoms with Crippen molar-refractivity contribution in [1.82, 2.24) is 0 Å². The molecular formula is C22H28N2O6S. The minimum absolute atomic E-state index is 0.251. The number of hydrogen-bond acceptors (Lipinski definition) is 6. The fourth-order valence-electron chi connectivity index (χ4n) is 3.52. The van der Waals surface area contributed by atoms with Crippen molar-refractivity contribution in [1.29, 1.82) is 0 Å². The summed E-state index contributed by atoms with van der Waals surface area (Å²) in [6, 6.07) is 11.8. The largest absolute Gasteiger partial charge is 0.497 e. The lowest BCUT2D eigenvalue weighted by molar-refractivity contribution is -0.114. The molecule has 31 heavy (non-hydrogen) atoms. The molecule has 2 aromatic carbocycles. The van der Waals surface area contributed by atoms with Gasteiger partial charge in [0.25, 0.3) is 0 Å². The van der Waals surface area contributed by atoms with Crippen molar-refractivity contribution in [3.63, 3.8) is 0 Å². The zero-order valence-corrected chi connectivity index (χ0v) is 18.8. The SMILES string of the molecule is COc1ccc(N(CC(=O)Nc2ccc(OC3CCCC3)cc2)S(C)(=O)=O)c(OC)c1. The van der Waals surface area contributed by atoms with Gasteiger partial charge in [0.2, 0.25) is 15.9 Å². The molecule has 0 atom stereocenters. The van der Waals surface area contributed by atoms with Gasteiger partial charge in [-0.15, -0.1) is 0 Å². The summed E-state index contributed by atoms with van der Waals surface area (Å²) in [6.07, 6.45) is 5.80. The third kappa shape index (κ3) is 6.04. The molecule has 1 aliphatic carbocycles. The van der Waals surface area contributed by atoms with Gasteiger partial charge in [0.1, 0.15) is 23.8 Å². The van der Waals surface area contributed by atoms with Gasteiger partial charge in [-0.3, -0.25) is 9.10 Å². The predicted octanol–water partition coefficient (Wildman–Crippen LogP) is 3.43. The first-order valence-corrected chi connectivity index (χ1v) is 11.9. The minimum atomic E-state index is -3.75. The van der Waals surface area contributed by atoms with E-state index >= 15 is 0 Å². The Bertz CT molecular complexity index is 1000. The van der Waals surface area contributed by atoms with E-state index in [1.807, 2.05) is 0 Å². The smallest absolute Gasteiger partial charge is 0.245 e. The first kappa shape index (κ1) is 22.7. The lowest BCUT2D eigenvalue weighted by Gasteiger charge is -2.24. The number of benzene rings is 2. The van der Waals surface area contributed by atoms with E-state index in [9.17, 15) is 13.2 Å². The Morgan fingerprint density at radius 1 is 1.03 bits per heavy atom. The van der Waals surface area contributed by atoms with Gasteiger partial charge in [0.05, 0.1) is 32.3 Å². The quantitative estimate of drug-likeness (QED) is 0.632. The number of ether oxygens (including phenoxy) is 3. The molecule has 0 aromatic heterocycles. The molecule has 0 unspecified atom stereocenters. The van der Waals surface area contributed by atoms with Crippen molar-refractivity contribution in [3.8, 4) is 17.2 Å². The first-order valence-electron chi connectivity index (χ1n) is 10.1. The molecule has 0 spiro atoms. The number of anilines is 2. The number of amides is 1. The number of carbonyl (C=O) groups excluding carboxylic acids is 1. The number of rotatable bonds is 9. The molecule has 1 N–H and O–H groups in total. The number of methoxy groups -OCH3 is 2. The monoisotopic (exact) mass is 448 g/mol. The highest BCUT2D eigenvalue weighted by Gasteiger charge is 2.24. The molecule has 0 saturated heterocycles. The van der Waals surface area contributed by atoms with Crippen molar-refractivity contribution >= 4 is 27.3 Å². The van der Waals surface area contributed by atoms with Crippen molar-refractivity contribution < 1.29 is 27.4 Å². The van der Waals surface area contributed by atoms with Gasteiger partial charge in [0, 0.05) is 11.8 Å². The maximum atomic E-state index is 12.6. The van der Waals surface area contributed by atoms with Crippen molar-refractivity contribution in [3.05, 3.63) is 42.5 Å². The maximum Gasteiger partial charge on any atom is 0.245 e. The van der Waals surface area contributed by atoms with Gasteiger partial charge < -0.3 is 19.5 Å². The number of hydrogen-bond donors (Lipinski definition) is 1. The van der Waals surface area contributed by atoms with E-state index in [4.69, 9.17) is 14.2 Å². The summed E-state index contributed by atoms with van der Waals surface area (Å²) in [5.41, 5.74) is 0.806. The van der Waals surface area contributed by atoms with E-state index in [-0.39, 0.29) is 17.5 Å². The van der Waals surface area contributed by atoms with Crippen LogP contribution in [0.2, 0.25) is 0 Å². The summed E-state index contributed by atoms with van der Waals surface area (Å²) < 4.78 is 42.2. The summed E-state index contributed by atoms with van der Waals surface area (Å²) in [6.45, 7) is -0.401. The normalized spacial score (nSPS) is 14.2. The zero-order valence-electron chi connectivity index (χ0n) is 18.0. The van der Waals surface area contributed by atoms with Crippen LogP contribution in [0.5, 0.6) is 17.2 Å². The van der Waals surface area contributed by atoms with Gasteiger partial charge in [-0.05, 0) is 62.1 Å². The highest BCUT2D eigenvalue weighted by molar-refractivity contribution is 7.92. The summed E-state index contributed by atoms with van der Waals surface area (Å²) in [4.78, 5) is 12.6. The van der Waals surface area contributed by atoms with E-state index < -0.39 is 22.5 Å². The van der Waals surface area contributed by atoms with Crippen LogP contribution in [0.4, 0.5) is 11.4 Å². The Morgan fingerprint density at radius 2 is 1.68 bits per heavy atom. The summed E-state index contributed by atoms with van der Waals surface area (Å²) >= 11 is 0. The average molecular weight is 449 g/mol. The Kier molecular flexibility index (Phi) is 7.27. The number of sulfonamides is 1. The lowest BCUT2D eigenvalue weighted by Crippen LogP contribution is -2.37. The lowest BCUT2D eigenvalue weighted by atomic mass is 10.2. The number of nitrogens with one attached hydrogen (secondary N) is 1. The van der Waals surface area contributed by atoms with Crippen LogP contribution in [0.25, 0.3) is 0 Å². The molecule has 0 radical (unpaired) electrons. The first-order chi connectivity index (χ1) is 14.8. The third-order valence-corrected chi connectivity index (χ3v) is 6.21. The second kappa shape index (κ2) is 9.91. The molecule has 1 saturated carbocycles. The van der Waals surface area contributed by atoms with Crippen LogP contribution in [0.3, 0.4) is 0 Å². The third-order valence-electron chi connectivity index (χ3n) is 5.09. The molecule has 3 rings (SSSR count). The van der Waals surface area contributed by atoms with Gasteiger partial charge in [-0.2, -0.15) is 0 Å². The maximum absolute atomic E-state index is 12.6. The topological polar surface area (TPSA) is 94.2 Å². The Balaban J connectivity index is 1.70. The van der Waals surface area contributed by atoms with Crippen LogP contribution in [0.1, 0.15) is 25.7 Å². The molecule has 0 aliphatic heterocycles. The molecule has 0 heterocycles. The van der Waals surface area contributed by atoms with E-state index in [1.54, 1.807) is 42.5 Å². The predicted molar refractivity (Wildman–Crippen MR) is 120 cm³/mol. The standard InChI is InChI=1S/C22H28N2O6S/c1-28-19-12-13-20(21(14-19)29-2)24(31(3,26)27)15-22(25)23-16-8-10-18(11-9-16)30-17-6-4-5-7-17/h8-14,17H,4-7,15H2,1-3H3,(H,23,25). The molecule has 168 valence electrons. The summed E-state index contributed by atoms with van der Waals surface area (Å²) in [5.74, 6) is 1.07. The van der Waals surface area contributed by atoms with Crippen LogP contribution in [-0.2, 0) is 14.8 Å². The second-order valence-corrected chi connectivity index (χ2v) is 9.31. The van der Waals surface area contributed by atoms with Gasteiger partial charge in [-0.1, -0.05) is 0 Å². The number of carbonyl (C=O) groups is 1. The molecule has 1 amide bonds. The average Bonchev–Trinajstić information content (AvgIpc) is 3.25. The Hall–Kier alpha value is -2.94. The Morgan fingerprint density at radius 3 is 2.26 bits per heavy atom. The van der Waals surface area contributed by atoms with Crippen molar-refractivity contribution in [2.45, 2.75) is 31.8 Å².